The van der Waals surface area contributed by atoms with Crippen LogP contribution in [0.1, 0.15) is 29.3 Å². The summed E-state index contributed by atoms with van der Waals surface area (Å²) in [5.74, 6) is -0.761. The van der Waals surface area contributed by atoms with Gasteiger partial charge >= 0.3 is 0 Å². The topological polar surface area (TPSA) is 104 Å². The molecule has 0 saturated heterocycles. The van der Waals surface area contributed by atoms with Crippen molar-refractivity contribution in [3.8, 4) is 0 Å². The molecular weight excluding hydrogens is 486 g/mol. The summed E-state index contributed by atoms with van der Waals surface area (Å²) >= 11 is 0. The van der Waals surface area contributed by atoms with Crippen molar-refractivity contribution in [1.29, 1.82) is 0 Å². The van der Waals surface area contributed by atoms with Crippen LogP contribution in [0.4, 0.5) is 5.69 Å². The zero-order valence-electron chi connectivity index (χ0n) is 20.5. The Bertz CT molecular complexity index is 1490. The van der Waals surface area contributed by atoms with Gasteiger partial charge in [0.2, 0.25) is 15.9 Å². The van der Waals surface area contributed by atoms with E-state index >= 15 is 0 Å². The smallest absolute Gasteiger partial charge is 0.251 e. The molecule has 0 saturated carbocycles. The molecule has 1 unspecified atom stereocenters. The molecule has 190 valence electrons. The van der Waals surface area contributed by atoms with Crippen molar-refractivity contribution < 1.29 is 18.0 Å². The van der Waals surface area contributed by atoms with Gasteiger partial charge < -0.3 is 10.6 Å². The summed E-state index contributed by atoms with van der Waals surface area (Å²) in [5, 5.41) is 6.85. The fourth-order valence-corrected chi connectivity index (χ4v) is 5.40. The molecule has 3 N–H and O–H groups in total. The van der Waals surface area contributed by atoms with Crippen LogP contribution in [0.25, 0.3) is 10.8 Å². The third kappa shape index (κ3) is 6.41. The standard InChI is InChI=1S/C29H29N3O4S/c1-2-19-30-37(35,36)27-18-10-15-23-24(27)16-9-17-25(23)31-29(34)26(20-21-11-5-3-6-12-21)32-28(33)22-13-7-4-8-14-22/h3-18,26,30H,2,19-20H2,1H3,(H,31,34)(H,32,33). The van der Waals surface area contributed by atoms with Crippen LogP contribution in [0.3, 0.4) is 0 Å². The highest BCUT2D eigenvalue weighted by atomic mass is 32.2. The monoisotopic (exact) mass is 515 g/mol. The molecule has 7 nitrogen and oxygen atoms in total. The lowest BCUT2D eigenvalue weighted by molar-refractivity contribution is -0.118. The van der Waals surface area contributed by atoms with E-state index in [1.807, 2.05) is 43.3 Å². The van der Waals surface area contributed by atoms with Gasteiger partial charge in [0.05, 0.1) is 4.90 Å². The number of rotatable bonds is 10. The Hall–Kier alpha value is -4.01. The molecule has 0 bridgehead atoms. The van der Waals surface area contributed by atoms with E-state index in [1.54, 1.807) is 60.7 Å². The van der Waals surface area contributed by atoms with E-state index in [-0.39, 0.29) is 17.2 Å². The maximum atomic E-state index is 13.5. The molecule has 0 aromatic heterocycles. The van der Waals surface area contributed by atoms with Crippen molar-refractivity contribution in [2.45, 2.75) is 30.7 Å². The molecule has 4 aromatic rings. The minimum absolute atomic E-state index is 0.146. The molecule has 4 aromatic carbocycles. The summed E-state index contributed by atoms with van der Waals surface area (Å²) in [7, 11) is -3.72. The maximum absolute atomic E-state index is 13.5. The zero-order chi connectivity index (χ0) is 26.3. The zero-order valence-corrected chi connectivity index (χ0v) is 21.3. The minimum Gasteiger partial charge on any atom is -0.340 e. The van der Waals surface area contributed by atoms with Crippen LogP contribution < -0.4 is 15.4 Å². The lowest BCUT2D eigenvalue weighted by atomic mass is 10.0. The fraction of sp³-hybridized carbons (Fsp3) is 0.172. The number of benzene rings is 4. The molecule has 0 fully saturated rings. The Morgan fingerprint density at radius 2 is 1.43 bits per heavy atom. The molecule has 0 aliphatic rings. The number of sulfonamides is 1. The molecular formula is C29H29N3O4S. The number of hydrogen-bond acceptors (Lipinski definition) is 4. The predicted molar refractivity (Wildman–Crippen MR) is 146 cm³/mol. The Labute approximate surface area is 217 Å². The molecule has 4 rings (SSSR count). The summed E-state index contributed by atoms with van der Waals surface area (Å²) in [6.07, 6.45) is 0.958. The Morgan fingerprint density at radius 1 is 0.784 bits per heavy atom. The van der Waals surface area contributed by atoms with Crippen molar-refractivity contribution in [2.75, 3.05) is 11.9 Å². The number of hydrogen-bond donors (Lipinski definition) is 3. The third-order valence-electron chi connectivity index (χ3n) is 5.91. The number of carbonyl (C=O) groups excluding carboxylic acids is 2. The normalized spacial score (nSPS) is 12.1. The molecule has 0 aliphatic heterocycles. The van der Waals surface area contributed by atoms with E-state index in [0.717, 1.165) is 5.56 Å². The fourth-order valence-electron chi connectivity index (χ4n) is 4.05. The number of amides is 2. The second kappa shape index (κ2) is 11.8. The average Bonchev–Trinajstić information content (AvgIpc) is 2.92. The summed E-state index contributed by atoms with van der Waals surface area (Å²) < 4.78 is 28.3. The van der Waals surface area contributed by atoms with Crippen LogP contribution in [-0.2, 0) is 21.2 Å². The van der Waals surface area contributed by atoms with Gasteiger partial charge in [-0.1, -0.05) is 79.7 Å². The van der Waals surface area contributed by atoms with Crippen LogP contribution >= 0.6 is 0 Å². The van der Waals surface area contributed by atoms with Crippen molar-refractivity contribution >= 4 is 38.3 Å². The van der Waals surface area contributed by atoms with Crippen molar-refractivity contribution in [3.05, 3.63) is 108 Å². The van der Waals surface area contributed by atoms with Gasteiger partial charge in [0, 0.05) is 35.0 Å². The number of nitrogens with one attached hydrogen (secondary N) is 3. The quantitative estimate of drug-likeness (QED) is 0.289. The summed E-state index contributed by atoms with van der Waals surface area (Å²) in [6.45, 7) is 2.22. The highest BCUT2D eigenvalue weighted by Gasteiger charge is 2.24. The Balaban J connectivity index is 1.64. The first-order chi connectivity index (χ1) is 17.9. The van der Waals surface area contributed by atoms with Gasteiger partial charge in [0.1, 0.15) is 6.04 Å². The Kier molecular flexibility index (Phi) is 8.32. The average molecular weight is 516 g/mol. The molecule has 8 heteroatoms. The van der Waals surface area contributed by atoms with E-state index in [2.05, 4.69) is 15.4 Å². The van der Waals surface area contributed by atoms with E-state index < -0.39 is 22.0 Å². The second-order valence-corrected chi connectivity index (χ2v) is 10.4. The Morgan fingerprint density at radius 3 is 2.14 bits per heavy atom. The van der Waals surface area contributed by atoms with Gasteiger partial charge in [-0.05, 0) is 36.2 Å². The first-order valence-corrected chi connectivity index (χ1v) is 13.6. The maximum Gasteiger partial charge on any atom is 0.251 e. The van der Waals surface area contributed by atoms with Crippen molar-refractivity contribution in [2.24, 2.45) is 0 Å². The molecule has 0 heterocycles. The van der Waals surface area contributed by atoms with E-state index in [0.29, 0.717) is 35.0 Å². The number of carbonyl (C=O) groups is 2. The molecule has 2 amide bonds. The summed E-state index contributed by atoms with van der Waals surface area (Å²) in [4.78, 5) is 26.5. The lowest BCUT2D eigenvalue weighted by Crippen LogP contribution is -2.45. The number of fused-ring (bicyclic) bond motifs is 1. The highest BCUT2D eigenvalue weighted by Crippen LogP contribution is 2.29. The molecule has 0 aliphatic carbocycles. The van der Waals surface area contributed by atoms with Crippen LogP contribution in [-0.4, -0.2) is 32.8 Å². The van der Waals surface area contributed by atoms with Gasteiger partial charge in [0.15, 0.2) is 0 Å². The van der Waals surface area contributed by atoms with Gasteiger partial charge in [-0.2, -0.15) is 0 Å². The molecule has 0 spiro atoms. The van der Waals surface area contributed by atoms with Gasteiger partial charge in [0.25, 0.3) is 5.91 Å². The molecule has 37 heavy (non-hydrogen) atoms. The van der Waals surface area contributed by atoms with Crippen LogP contribution in [0, 0.1) is 0 Å². The first-order valence-electron chi connectivity index (χ1n) is 12.1. The minimum atomic E-state index is -3.72. The number of anilines is 1. The predicted octanol–water partition coefficient (Wildman–Crippen LogP) is 4.51. The SMILES string of the molecule is CCCNS(=O)(=O)c1cccc2c(NC(=O)C(Cc3ccccc3)NC(=O)c3ccccc3)cccc12. The lowest BCUT2D eigenvalue weighted by Gasteiger charge is -2.20. The van der Waals surface area contributed by atoms with Crippen LogP contribution in [0.15, 0.2) is 102 Å². The van der Waals surface area contributed by atoms with Gasteiger partial charge in [-0.3, -0.25) is 9.59 Å². The summed E-state index contributed by atoms with van der Waals surface area (Å²) in [5.41, 5.74) is 1.80. The molecule has 0 radical (unpaired) electrons. The largest absolute Gasteiger partial charge is 0.340 e. The third-order valence-corrected chi connectivity index (χ3v) is 7.43. The first kappa shape index (κ1) is 26.1. The van der Waals surface area contributed by atoms with Gasteiger partial charge in [-0.15, -0.1) is 0 Å². The van der Waals surface area contributed by atoms with Crippen LogP contribution in [0.2, 0.25) is 0 Å². The highest BCUT2D eigenvalue weighted by molar-refractivity contribution is 7.89. The van der Waals surface area contributed by atoms with Gasteiger partial charge in [-0.25, -0.2) is 13.1 Å². The summed E-state index contributed by atoms with van der Waals surface area (Å²) in [6, 6.07) is 27.4. The van der Waals surface area contributed by atoms with E-state index in [4.69, 9.17) is 0 Å². The van der Waals surface area contributed by atoms with Crippen LogP contribution in [0.5, 0.6) is 0 Å². The van der Waals surface area contributed by atoms with E-state index in [1.165, 1.54) is 0 Å². The molecule has 1 atom stereocenters. The second-order valence-electron chi connectivity index (χ2n) is 8.63. The van der Waals surface area contributed by atoms with E-state index in [9.17, 15) is 18.0 Å². The van der Waals surface area contributed by atoms with Crippen molar-refractivity contribution in [1.82, 2.24) is 10.0 Å². The van der Waals surface area contributed by atoms with Crippen molar-refractivity contribution in [3.63, 3.8) is 0 Å².